The van der Waals surface area contributed by atoms with E-state index in [-0.39, 0.29) is 41.2 Å². The highest BCUT2D eigenvalue weighted by molar-refractivity contribution is 7.92. The molecule has 0 saturated carbocycles. The molecule has 1 aliphatic rings. The highest BCUT2D eigenvalue weighted by Crippen LogP contribution is 2.32. The van der Waals surface area contributed by atoms with Crippen LogP contribution in [0.2, 0.25) is 5.02 Å². The van der Waals surface area contributed by atoms with Crippen molar-refractivity contribution in [3.05, 3.63) is 81.9 Å². The summed E-state index contributed by atoms with van der Waals surface area (Å²) in [6.07, 6.45) is -0.375. The number of nitro benzene ring substituents is 1. The molecule has 0 spiro atoms. The molecule has 166 valence electrons. The second-order valence-corrected chi connectivity index (χ2v) is 9.05. The van der Waals surface area contributed by atoms with Gasteiger partial charge in [0.05, 0.1) is 16.4 Å². The van der Waals surface area contributed by atoms with Gasteiger partial charge in [0, 0.05) is 16.8 Å². The Morgan fingerprint density at radius 3 is 2.50 bits per heavy atom. The van der Waals surface area contributed by atoms with Crippen LogP contribution in [0.4, 0.5) is 17.1 Å². The Balaban J connectivity index is 1.49. The van der Waals surface area contributed by atoms with Crippen LogP contribution >= 0.6 is 11.6 Å². The summed E-state index contributed by atoms with van der Waals surface area (Å²) < 4.78 is 39.2. The Morgan fingerprint density at radius 1 is 1.06 bits per heavy atom. The van der Waals surface area contributed by atoms with E-state index in [0.29, 0.717) is 16.5 Å². The third kappa shape index (κ3) is 4.87. The lowest BCUT2D eigenvalue weighted by molar-refractivity contribution is -0.384. The zero-order valence-corrected chi connectivity index (χ0v) is 18.1. The molecule has 1 aliphatic heterocycles. The molecular formula is C21H18ClN3O6S. The standard InChI is InChI=1S/C21H18ClN3O6S/c22-14-5-7-15(8-6-14)24-32(28,29)17-9-10-18(19(11-17)25(26)27)23-12-16-13-30-20-3-1-2-4-21(20)31-16/h1-11,16,23-24H,12-13H2. The van der Waals surface area contributed by atoms with Gasteiger partial charge in [-0.2, -0.15) is 0 Å². The normalized spacial score (nSPS) is 15.1. The Morgan fingerprint density at radius 2 is 1.78 bits per heavy atom. The van der Waals surface area contributed by atoms with E-state index in [9.17, 15) is 18.5 Å². The summed E-state index contributed by atoms with van der Waals surface area (Å²) in [5.41, 5.74) is 0.0815. The minimum absolute atomic E-state index is 0.169. The first-order chi connectivity index (χ1) is 15.3. The van der Waals surface area contributed by atoms with Gasteiger partial charge in [-0.3, -0.25) is 14.8 Å². The number of halogens is 1. The minimum atomic E-state index is -4.04. The third-order valence-electron chi connectivity index (χ3n) is 4.66. The quantitative estimate of drug-likeness (QED) is 0.386. The van der Waals surface area contributed by atoms with Crippen LogP contribution < -0.4 is 19.5 Å². The molecule has 0 fully saturated rings. The molecule has 0 saturated heterocycles. The summed E-state index contributed by atoms with van der Waals surface area (Å²) in [5, 5.41) is 15.0. The van der Waals surface area contributed by atoms with E-state index >= 15 is 0 Å². The van der Waals surface area contributed by atoms with Crippen molar-refractivity contribution in [2.45, 2.75) is 11.0 Å². The highest BCUT2D eigenvalue weighted by Gasteiger charge is 2.24. The van der Waals surface area contributed by atoms with Crippen molar-refractivity contribution in [2.75, 3.05) is 23.2 Å². The minimum Gasteiger partial charge on any atom is -0.486 e. The molecule has 4 rings (SSSR count). The molecule has 0 aromatic heterocycles. The van der Waals surface area contributed by atoms with Crippen molar-refractivity contribution in [3.8, 4) is 11.5 Å². The van der Waals surface area contributed by atoms with Gasteiger partial charge in [-0.1, -0.05) is 23.7 Å². The fourth-order valence-electron chi connectivity index (χ4n) is 3.10. The summed E-state index contributed by atoms with van der Waals surface area (Å²) in [6, 6.07) is 16.9. The molecule has 1 unspecified atom stereocenters. The van der Waals surface area contributed by atoms with E-state index in [1.807, 2.05) is 12.1 Å². The predicted octanol–water partition coefficient (Wildman–Crippen LogP) is 4.30. The molecule has 3 aromatic carbocycles. The molecule has 1 atom stereocenters. The van der Waals surface area contributed by atoms with E-state index in [2.05, 4.69) is 10.0 Å². The van der Waals surface area contributed by atoms with Crippen LogP contribution in [-0.2, 0) is 10.0 Å². The number of ether oxygens (including phenoxy) is 2. The molecular weight excluding hydrogens is 458 g/mol. The molecule has 0 amide bonds. The first-order valence-electron chi connectivity index (χ1n) is 9.51. The maximum atomic E-state index is 12.7. The van der Waals surface area contributed by atoms with Gasteiger partial charge in [-0.15, -0.1) is 0 Å². The number of fused-ring (bicyclic) bond motifs is 1. The van der Waals surface area contributed by atoms with Gasteiger partial charge in [-0.05, 0) is 48.5 Å². The summed E-state index contributed by atoms with van der Waals surface area (Å²) >= 11 is 5.81. The lowest BCUT2D eigenvalue weighted by Gasteiger charge is -2.26. The molecule has 0 aliphatic carbocycles. The monoisotopic (exact) mass is 475 g/mol. The van der Waals surface area contributed by atoms with Crippen molar-refractivity contribution in [1.82, 2.24) is 0 Å². The van der Waals surface area contributed by atoms with Crippen LogP contribution in [0.15, 0.2) is 71.6 Å². The number of nitro groups is 1. The largest absolute Gasteiger partial charge is 0.486 e. The zero-order chi connectivity index (χ0) is 22.7. The third-order valence-corrected chi connectivity index (χ3v) is 6.29. The Hall–Kier alpha value is -3.50. The number of anilines is 2. The molecule has 2 N–H and O–H groups in total. The Kier molecular flexibility index (Phi) is 6.06. The number of nitrogens with one attached hydrogen (secondary N) is 2. The van der Waals surface area contributed by atoms with E-state index < -0.39 is 14.9 Å². The summed E-state index contributed by atoms with van der Waals surface area (Å²) in [7, 11) is -4.04. The predicted molar refractivity (Wildman–Crippen MR) is 120 cm³/mol. The summed E-state index contributed by atoms with van der Waals surface area (Å²) in [4.78, 5) is 10.7. The van der Waals surface area contributed by atoms with Crippen LogP contribution in [0.3, 0.4) is 0 Å². The zero-order valence-electron chi connectivity index (χ0n) is 16.5. The van der Waals surface area contributed by atoms with Gasteiger partial charge in [-0.25, -0.2) is 8.42 Å². The number of hydrogen-bond donors (Lipinski definition) is 2. The topological polar surface area (TPSA) is 120 Å². The van der Waals surface area contributed by atoms with E-state index in [1.165, 1.54) is 36.4 Å². The van der Waals surface area contributed by atoms with Gasteiger partial charge in [0.25, 0.3) is 15.7 Å². The van der Waals surface area contributed by atoms with Crippen LogP contribution in [0, 0.1) is 10.1 Å². The fraction of sp³-hybridized carbons (Fsp3) is 0.143. The van der Waals surface area contributed by atoms with Crippen LogP contribution in [0.5, 0.6) is 11.5 Å². The average molecular weight is 476 g/mol. The number of para-hydroxylation sites is 2. The van der Waals surface area contributed by atoms with Crippen LogP contribution in [-0.4, -0.2) is 32.6 Å². The van der Waals surface area contributed by atoms with Gasteiger partial charge >= 0.3 is 0 Å². The van der Waals surface area contributed by atoms with Gasteiger partial charge in [0.15, 0.2) is 11.5 Å². The Bertz CT molecular complexity index is 1250. The van der Waals surface area contributed by atoms with Crippen molar-refractivity contribution < 1.29 is 22.8 Å². The summed E-state index contributed by atoms with van der Waals surface area (Å²) in [5.74, 6) is 1.23. The maximum absolute atomic E-state index is 12.7. The lowest BCUT2D eigenvalue weighted by atomic mass is 10.2. The van der Waals surface area contributed by atoms with Crippen molar-refractivity contribution in [3.63, 3.8) is 0 Å². The molecule has 9 nitrogen and oxygen atoms in total. The molecule has 32 heavy (non-hydrogen) atoms. The summed E-state index contributed by atoms with van der Waals surface area (Å²) in [6.45, 7) is 0.500. The molecule has 11 heteroatoms. The average Bonchev–Trinajstić information content (AvgIpc) is 2.78. The van der Waals surface area contributed by atoms with Crippen molar-refractivity contribution >= 4 is 38.7 Å². The number of benzene rings is 3. The number of nitrogens with zero attached hydrogens (tertiary/aromatic N) is 1. The SMILES string of the molecule is O=[N+]([O-])c1cc(S(=O)(=O)Nc2ccc(Cl)cc2)ccc1NCC1COc2ccccc2O1. The number of hydrogen-bond acceptors (Lipinski definition) is 7. The molecule has 0 bridgehead atoms. The van der Waals surface area contributed by atoms with Crippen molar-refractivity contribution in [2.24, 2.45) is 0 Å². The van der Waals surface area contributed by atoms with Crippen LogP contribution in [0.25, 0.3) is 0 Å². The Labute approximate surface area is 189 Å². The first kappa shape index (κ1) is 21.7. The molecule has 1 heterocycles. The highest BCUT2D eigenvalue weighted by atomic mass is 35.5. The fourth-order valence-corrected chi connectivity index (χ4v) is 4.30. The van der Waals surface area contributed by atoms with Crippen LogP contribution in [0.1, 0.15) is 0 Å². The van der Waals surface area contributed by atoms with Gasteiger partial charge < -0.3 is 14.8 Å². The second kappa shape index (κ2) is 8.93. The number of rotatable bonds is 7. The molecule has 3 aromatic rings. The van der Waals surface area contributed by atoms with E-state index in [0.717, 1.165) is 6.07 Å². The van der Waals surface area contributed by atoms with Gasteiger partial charge in [0.2, 0.25) is 0 Å². The number of sulfonamides is 1. The van der Waals surface area contributed by atoms with E-state index in [1.54, 1.807) is 12.1 Å². The van der Waals surface area contributed by atoms with E-state index in [4.69, 9.17) is 21.1 Å². The maximum Gasteiger partial charge on any atom is 0.293 e. The lowest BCUT2D eigenvalue weighted by Crippen LogP contribution is -2.35. The first-order valence-corrected chi connectivity index (χ1v) is 11.4. The van der Waals surface area contributed by atoms with Crippen molar-refractivity contribution in [1.29, 1.82) is 0 Å². The second-order valence-electron chi connectivity index (χ2n) is 6.93. The molecule has 0 radical (unpaired) electrons. The van der Waals surface area contributed by atoms with Gasteiger partial charge in [0.1, 0.15) is 18.4 Å². The smallest absolute Gasteiger partial charge is 0.293 e.